The second kappa shape index (κ2) is 12.1. The molecule has 0 radical (unpaired) electrons. The van der Waals surface area contributed by atoms with Crippen LogP contribution in [0.15, 0.2) is 23.8 Å². The van der Waals surface area contributed by atoms with Crippen LogP contribution in [0.3, 0.4) is 0 Å². The fourth-order valence-corrected chi connectivity index (χ4v) is 4.31. The third-order valence-corrected chi connectivity index (χ3v) is 5.85. The largest absolute Gasteiger partial charge is 1.00 e. The predicted molar refractivity (Wildman–Crippen MR) is 103 cm³/mol. The van der Waals surface area contributed by atoms with Crippen LogP contribution in [0.2, 0.25) is 0 Å². The molecule has 0 saturated heterocycles. The topological polar surface area (TPSA) is 77.8 Å². The SMILES string of the molecule is CC#CCC(C)[C@H](O)/C=C/C1[C@H](O)C[C@@H]2C/C(=C\CCCC(=O)O)C[C@H]12.[H-].[Na+]. The molecule has 5 heteroatoms. The molecule has 6 atom stereocenters. The minimum absolute atomic E-state index is 0. The van der Waals surface area contributed by atoms with Crippen molar-refractivity contribution in [2.24, 2.45) is 23.7 Å². The van der Waals surface area contributed by atoms with Crippen LogP contribution in [0.25, 0.3) is 0 Å². The van der Waals surface area contributed by atoms with Gasteiger partial charge in [0.15, 0.2) is 0 Å². The molecule has 2 rings (SSSR count). The second-order valence-electron chi connectivity index (χ2n) is 7.84. The molecule has 2 saturated carbocycles. The van der Waals surface area contributed by atoms with E-state index in [-0.39, 0.29) is 55.3 Å². The minimum atomic E-state index is -0.738. The molecule has 27 heavy (non-hydrogen) atoms. The summed E-state index contributed by atoms with van der Waals surface area (Å²) >= 11 is 0. The van der Waals surface area contributed by atoms with Gasteiger partial charge in [-0.1, -0.05) is 30.7 Å². The number of carbonyl (C=O) groups is 1. The molecule has 4 nitrogen and oxygen atoms in total. The number of fused-ring (bicyclic) bond motifs is 1. The maximum atomic E-state index is 10.6. The van der Waals surface area contributed by atoms with E-state index in [4.69, 9.17) is 5.11 Å². The summed E-state index contributed by atoms with van der Waals surface area (Å²) in [5.41, 5.74) is 1.41. The standard InChI is InChI=1S/C22H32O4.Na.H/c1-3-4-7-15(2)20(23)11-10-18-19-13-16(8-5-6-9-22(25)26)12-17(19)14-21(18)24;;/h8,10-11,15,17-21,23-24H,5-7,9,12-14H2,1-2H3,(H,25,26);;/q;+1;-1/b11-10+,16-8+;;/t15?,17-,18?,19-,20+,21+;;/m0../s1. The third kappa shape index (κ3) is 7.40. The Kier molecular flexibility index (Phi) is 11.0. The van der Waals surface area contributed by atoms with E-state index >= 15 is 0 Å². The molecule has 0 heterocycles. The Labute approximate surface area is 186 Å². The summed E-state index contributed by atoms with van der Waals surface area (Å²) in [6.07, 6.45) is 10.4. The van der Waals surface area contributed by atoms with Gasteiger partial charge in [-0.25, -0.2) is 0 Å². The van der Waals surface area contributed by atoms with E-state index in [2.05, 4.69) is 17.9 Å². The molecule has 0 spiro atoms. The summed E-state index contributed by atoms with van der Waals surface area (Å²) in [6.45, 7) is 3.79. The maximum Gasteiger partial charge on any atom is 1.00 e. The van der Waals surface area contributed by atoms with Crippen LogP contribution in [0.1, 0.15) is 60.2 Å². The van der Waals surface area contributed by atoms with Crippen LogP contribution in [0.4, 0.5) is 0 Å². The summed E-state index contributed by atoms with van der Waals surface area (Å²) < 4.78 is 0. The number of aliphatic carboxylic acids is 1. The number of unbranched alkanes of at least 4 members (excludes halogenated alkanes) is 1. The number of hydrogen-bond acceptors (Lipinski definition) is 3. The predicted octanol–water partition coefficient (Wildman–Crippen LogP) is 0.658. The fourth-order valence-electron chi connectivity index (χ4n) is 4.31. The van der Waals surface area contributed by atoms with Gasteiger partial charge in [0.2, 0.25) is 0 Å². The first-order valence-electron chi connectivity index (χ1n) is 9.76. The van der Waals surface area contributed by atoms with E-state index in [0.29, 0.717) is 24.7 Å². The number of carboxylic acid groups (broad SMARTS) is 1. The van der Waals surface area contributed by atoms with Crippen LogP contribution in [-0.2, 0) is 4.79 Å². The van der Waals surface area contributed by atoms with Crippen LogP contribution >= 0.6 is 0 Å². The molecule has 146 valence electrons. The first-order chi connectivity index (χ1) is 12.4. The van der Waals surface area contributed by atoms with Crippen molar-refractivity contribution in [2.75, 3.05) is 0 Å². The number of carboxylic acids is 1. The van der Waals surface area contributed by atoms with Gasteiger partial charge < -0.3 is 16.7 Å². The first-order valence-corrected chi connectivity index (χ1v) is 9.76. The number of aliphatic hydroxyl groups excluding tert-OH is 2. The van der Waals surface area contributed by atoms with Crippen molar-refractivity contribution in [2.45, 2.75) is 71.0 Å². The van der Waals surface area contributed by atoms with Crippen LogP contribution in [-0.4, -0.2) is 33.5 Å². The van der Waals surface area contributed by atoms with Gasteiger partial charge in [-0.15, -0.1) is 11.8 Å². The smallest absolute Gasteiger partial charge is 1.00 e. The van der Waals surface area contributed by atoms with Gasteiger partial charge in [0.1, 0.15) is 0 Å². The normalized spacial score (nSPS) is 30.4. The van der Waals surface area contributed by atoms with Crippen molar-refractivity contribution in [1.82, 2.24) is 0 Å². The van der Waals surface area contributed by atoms with Crippen LogP contribution in [0, 0.1) is 35.5 Å². The minimum Gasteiger partial charge on any atom is -1.00 e. The Bertz CT molecular complexity index is 607. The first kappa shape index (κ1) is 24.5. The molecule has 0 aromatic carbocycles. The Morgan fingerprint density at radius 1 is 1.41 bits per heavy atom. The molecule has 2 aliphatic carbocycles. The molecule has 2 unspecified atom stereocenters. The van der Waals surface area contributed by atoms with E-state index in [9.17, 15) is 15.0 Å². The fraction of sp³-hybridized carbons (Fsp3) is 0.682. The molecule has 0 aliphatic heterocycles. The molecule has 0 bridgehead atoms. The summed E-state index contributed by atoms with van der Waals surface area (Å²) in [4.78, 5) is 10.6. The van der Waals surface area contributed by atoms with Crippen molar-refractivity contribution in [3.8, 4) is 11.8 Å². The van der Waals surface area contributed by atoms with E-state index < -0.39 is 12.1 Å². The van der Waals surface area contributed by atoms with E-state index in [1.165, 1.54) is 5.57 Å². The van der Waals surface area contributed by atoms with Gasteiger partial charge in [0, 0.05) is 18.8 Å². The molecular formula is C22H33NaO4. The van der Waals surface area contributed by atoms with Gasteiger partial charge in [0.25, 0.3) is 0 Å². The molecule has 0 aromatic rings. The maximum absolute atomic E-state index is 10.6. The van der Waals surface area contributed by atoms with Crippen molar-refractivity contribution in [3.63, 3.8) is 0 Å². The van der Waals surface area contributed by atoms with Gasteiger partial charge in [-0.3, -0.25) is 4.79 Å². The third-order valence-electron chi connectivity index (χ3n) is 5.85. The molecular weight excluding hydrogens is 351 g/mol. The average Bonchev–Trinajstić information content (AvgIpc) is 3.10. The summed E-state index contributed by atoms with van der Waals surface area (Å²) in [5, 5.41) is 29.4. The van der Waals surface area contributed by atoms with Crippen molar-refractivity contribution < 1.29 is 51.1 Å². The van der Waals surface area contributed by atoms with Gasteiger partial charge in [0.05, 0.1) is 12.2 Å². The molecule has 0 aromatic heterocycles. The van der Waals surface area contributed by atoms with Gasteiger partial charge >= 0.3 is 35.5 Å². The monoisotopic (exact) mass is 384 g/mol. The van der Waals surface area contributed by atoms with Gasteiger partial charge in [-0.2, -0.15) is 0 Å². The Hall–Kier alpha value is -0.570. The van der Waals surface area contributed by atoms with Crippen molar-refractivity contribution in [1.29, 1.82) is 0 Å². The Balaban J connectivity index is 0.00000364. The average molecular weight is 384 g/mol. The van der Waals surface area contributed by atoms with Crippen molar-refractivity contribution in [3.05, 3.63) is 23.8 Å². The van der Waals surface area contributed by atoms with E-state index in [0.717, 1.165) is 25.7 Å². The number of rotatable bonds is 8. The zero-order valence-electron chi connectivity index (χ0n) is 17.9. The molecule has 2 fully saturated rings. The van der Waals surface area contributed by atoms with E-state index in [1.807, 2.05) is 19.1 Å². The van der Waals surface area contributed by atoms with Gasteiger partial charge in [-0.05, 0) is 56.8 Å². The van der Waals surface area contributed by atoms with Crippen LogP contribution in [0.5, 0.6) is 0 Å². The van der Waals surface area contributed by atoms with Crippen LogP contribution < -0.4 is 29.6 Å². The summed E-state index contributed by atoms with van der Waals surface area (Å²) in [6, 6.07) is 0. The zero-order chi connectivity index (χ0) is 19.1. The molecule has 3 N–H and O–H groups in total. The number of aliphatic hydroxyl groups is 2. The number of hydrogen-bond donors (Lipinski definition) is 3. The van der Waals surface area contributed by atoms with E-state index in [1.54, 1.807) is 6.92 Å². The Morgan fingerprint density at radius 3 is 2.81 bits per heavy atom. The number of allylic oxidation sites excluding steroid dienone is 2. The summed E-state index contributed by atoms with van der Waals surface area (Å²) in [5.74, 6) is 6.25. The van der Waals surface area contributed by atoms with Crippen molar-refractivity contribution >= 4 is 5.97 Å². The molecule has 0 amide bonds. The molecule has 2 aliphatic rings. The quantitative estimate of drug-likeness (QED) is 0.249. The Morgan fingerprint density at radius 2 is 2.15 bits per heavy atom. The summed E-state index contributed by atoms with van der Waals surface area (Å²) in [7, 11) is 0. The zero-order valence-corrected chi connectivity index (χ0v) is 18.9. The second-order valence-corrected chi connectivity index (χ2v) is 7.84.